The number of nitrogens with two attached hydrogens (primary N) is 1. The van der Waals surface area contributed by atoms with E-state index in [1.807, 2.05) is 0 Å². The van der Waals surface area contributed by atoms with Gasteiger partial charge in [-0.05, 0) is 13.3 Å². The van der Waals surface area contributed by atoms with Crippen LogP contribution in [0.5, 0.6) is 0 Å². The summed E-state index contributed by atoms with van der Waals surface area (Å²) in [5, 5.41) is 11.0. The third kappa shape index (κ3) is 8.00. The van der Waals surface area contributed by atoms with Gasteiger partial charge < -0.3 is 20.9 Å². The van der Waals surface area contributed by atoms with Gasteiger partial charge in [0.25, 0.3) is 0 Å². The number of thioether (sulfide) groups is 1. The normalized spacial score (nSPS) is 14.1. The lowest BCUT2D eigenvalue weighted by molar-refractivity contribution is -0.138. The molecule has 0 aromatic heterocycles. The van der Waals surface area contributed by atoms with Gasteiger partial charge in [-0.1, -0.05) is 0 Å². The highest BCUT2D eigenvalue weighted by molar-refractivity contribution is 8.00. The van der Waals surface area contributed by atoms with Crippen LogP contribution in [0.1, 0.15) is 13.3 Å². The zero-order valence-corrected chi connectivity index (χ0v) is 11.0. The molecule has 0 spiro atoms. The van der Waals surface area contributed by atoms with Gasteiger partial charge in [-0.15, -0.1) is 11.8 Å². The predicted octanol–water partition coefficient (Wildman–Crippen LogP) is -0.327. The van der Waals surface area contributed by atoms with E-state index in [0.29, 0.717) is 13.2 Å². The van der Waals surface area contributed by atoms with Crippen LogP contribution in [0.25, 0.3) is 0 Å². The number of aliphatic carboxylic acids is 1. The van der Waals surface area contributed by atoms with Gasteiger partial charge in [-0.2, -0.15) is 0 Å². The molecular formula is C10H20N2O4S. The first kappa shape index (κ1) is 16.2. The molecule has 0 rings (SSSR count). The van der Waals surface area contributed by atoms with Crippen LogP contribution in [-0.4, -0.2) is 54.3 Å². The van der Waals surface area contributed by atoms with Crippen molar-refractivity contribution in [2.75, 3.05) is 26.0 Å². The highest BCUT2D eigenvalue weighted by Gasteiger charge is 2.17. The molecule has 2 unspecified atom stereocenters. The minimum Gasteiger partial charge on any atom is -0.480 e. The van der Waals surface area contributed by atoms with E-state index in [0.717, 1.165) is 6.42 Å². The Morgan fingerprint density at radius 1 is 1.53 bits per heavy atom. The molecule has 6 nitrogen and oxygen atoms in total. The molecule has 100 valence electrons. The number of amides is 1. The van der Waals surface area contributed by atoms with E-state index in [1.165, 1.54) is 11.8 Å². The number of hydrogen-bond acceptors (Lipinski definition) is 5. The van der Waals surface area contributed by atoms with Gasteiger partial charge in [0, 0.05) is 26.0 Å². The molecule has 0 saturated heterocycles. The Hall–Kier alpha value is -0.790. The maximum Gasteiger partial charge on any atom is 0.321 e. The Morgan fingerprint density at radius 3 is 2.71 bits per heavy atom. The SMILES string of the molecule is COCCCNC(=O)C(C)SCC(N)C(=O)O. The molecule has 0 aliphatic carbocycles. The zero-order chi connectivity index (χ0) is 13.3. The molecule has 7 heteroatoms. The molecule has 4 N–H and O–H groups in total. The molecule has 1 amide bonds. The van der Waals surface area contributed by atoms with Crippen molar-refractivity contribution in [2.45, 2.75) is 24.6 Å². The molecule has 0 saturated carbocycles. The zero-order valence-electron chi connectivity index (χ0n) is 10.1. The van der Waals surface area contributed by atoms with Crippen molar-refractivity contribution in [1.82, 2.24) is 5.32 Å². The molecule has 0 heterocycles. The smallest absolute Gasteiger partial charge is 0.321 e. The van der Waals surface area contributed by atoms with E-state index < -0.39 is 12.0 Å². The summed E-state index contributed by atoms with van der Waals surface area (Å²) in [7, 11) is 1.60. The molecule has 0 aliphatic heterocycles. The quantitative estimate of drug-likeness (QED) is 0.493. The fraction of sp³-hybridized carbons (Fsp3) is 0.800. The summed E-state index contributed by atoms with van der Waals surface area (Å²) < 4.78 is 4.85. The lowest BCUT2D eigenvalue weighted by Gasteiger charge is -2.13. The van der Waals surface area contributed by atoms with E-state index in [4.69, 9.17) is 15.6 Å². The van der Waals surface area contributed by atoms with Crippen LogP contribution in [0, 0.1) is 0 Å². The molecule has 0 aliphatic rings. The van der Waals surface area contributed by atoms with Crippen LogP contribution < -0.4 is 11.1 Å². The van der Waals surface area contributed by atoms with Gasteiger partial charge in [0.1, 0.15) is 6.04 Å². The van der Waals surface area contributed by atoms with Crippen LogP contribution >= 0.6 is 11.8 Å². The number of rotatable bonds is 9. The Kier molecular flexibility index (Phi) is 8.83. The summed E-state index contributed by atoms with van der Waals surface area (Å²) in [6.07, 6.45) is 0.758. The van der Waals surface area contributed by atoms with Crippen molar-refractivity contribution in [3.8, 4) is 0 Å². The summed E-state index contributed by atoms with van der Waals surface area (Å²) in [4.78, 5) is 22.0. The number of carboxylic acids is 1. The second-order valence-corrected chi connectivity index (χ2v) is 4.93. The second-order valence-electron chi connectivity index (χ2n) is 3.56. The van der Waals surface area contributed by atoms with E-state index in [2.05, 4.69) is 5.32 Å². The van der Waals surface area contributed by atoms with Gasteiger partial charge in [-0.25, -0.2) is 0 Å². The van der Waals surface area contributed by atoms with Crippen molar-refractivity contribution >= 4 is 23.6 Å². The first-order chi connectivity index (χ1) is 7.99. The summed E-state index contributed by atoms with van der Waals surface area (Å²) >= 11 is 1.24. The lowest BCUT2D eigenvalue weighted by atomic mass is 10.4. The van der Waals surface area contributed by atoms with Crippen molar-refractivity contribution < 1.29 is 19.4 Å². The topological polar surface area (TPSA) is 102 Å². The average molecular weight is 264 g/mol. The van der Waals surface area contributed by atoms with Gasteiger partial charge in [0.2, 0.25) is 5.91 Å². The van der Waals surface area contributed by atoms with Crippen LogP contribution in [0.15, 0.2) is 0 Å². The summed E-state index contributed by atoms with van der Waals surface area (Å²) in [6, 6.07) is -0.927. The minimum absolute atomic E-state index is 0.108. The lowest BCUT2D eigenvalue weighted by Crippen LogP contribution is -2.36. The van der Waals surface area contributed by atoms with E-state index >= 15 is 0 Å². The average Bonchev–Trinajstić information content (AvgIpc) is 2.30. The fourth-order valence-electron chi connectivity index (χ4n) is 0.967. The monoisotopic (exact) mass is 264 g/mol. The number of methoxy groups -OCH3 is 1. The second kappa shape index (κ2) is 9.26. The molecule has 0 aromatic rings. The van der Waals surface area contributed by atoms with Crippen LogP contribution in [-0.2, 0) is 14.3 Å². The molecule has 17 heavy (non-hydrogen) atoms. The van der Waals surface area contributed by atoms with Crippen molar-refractivity contribution in [3.05, 3.63) is 0 Å². The number of carbonyl (C=O) groups is 2. The van der Waals surface area contributed by atoms with E-state index in [-0.39, 0.29) is 16.9 Å². The Labute approximate surface area is 105 Å². The summed E-state index contributed by atoms with van der Waals surface area (Å²) in [5.41, 5.74) is 5.34. The summed E-state index contributed by atoms with van der Waals surface area (Å²) in [5.74, 6) is -0.934. The predicted molar refractivity (Wildman–Crippen MR) is 67.0 cm³/mol. The standard InChI is InChI=1S/C10H20N2O4S/c1-7(17-6-8(11)10(14)15)9(13)12-4-3-5-16-2/h7-8H,3-6,11H2,1-2H3,(H,12,13)(H,14,15). The number of ether oxygens (including phenoxy) is 1. The largest absolute Gasteiger partial charge is 0.480 e. The highest BCUT2D eigenvalue weighted by atomic mass is 32.2. The fourth-order valence-corrected chi connectivity index (χ4v) is 1.84. The number of hydrogen-bond donors (Lipinski definition) is 3. The molecule has 0 aromatic carbocycles. The van der Waals surface area contributed by atoms with Crippen LogP contribution in [0.4, 0.5) is 0 Å². The van der Waals surface area contributed by atoms with Gasteiger partial charge in [-0.3, -0.25) is 9.59 Å². The molecule has 0 fully saturated rings. The first-order valence-corrected chi connectivity index (χ1v) is 6.40. The summed E-state index contributed by atoms with van der Waals surface area (Å²) in [6.45, 7) is 2.89. The maximum atomic E-state index is 11.5. The Morgan fingerprint density at radius 2 is 2.18 bits per heavy atom. The highest BCUT2D eigenvalue weighted by Crippen LogP contribution is 2.11. The van der Waals surface area contributed by atoms with Gasteiger partial charge >= 0.3 is 5.97 Å². The first-order valence-electron chi connectivity index (χ1n) is 5.35. The molecular weight excluding hydrogens is 244 g/mol. The number of carbonyl (C=O) groups excluding carboxylic acids is 1. The van der Waals surface area contributed by atoms with Crippen LogP contribution in [0.2, 0.25) is 0 Å². The maximum absolute atomic E-state index is 11.5. The molecule has 0 bridgehead atoms. The van der Waals surface area contributed by atoms with Gasteiger partial charge in [0.05, 0.1) is 5.25 Å². The number of carboxylic acid groups (broad SMARTS) is 1. The molecule has 0 radical (unpaired) electrons. The van der Waals surface area contributed by atoms with Crippen molar-refractivity contribution in [1.29, 1.82) is 0 Å². The van der Waals surface area contributed by atoms with Crippen LogP contribution in [0.3, 0.4) is 0 Å². The Balaban J connectivity index is 3.70. The van der Waals surface area contributed by atoms with Gasteiger partial charge in [0.15, 0.2) is 0 Å². The number of nitrogens with one attached hydrogen (secondary N) is 1. The third-order valence-electron chi connectivity index (χ3n) is 2.04. The van der Waals surface area contributed by atoms with E-state index in [9.17, 15) is 9.59 Å². The van der Waals surface area contributed by atoms with Crippen molar-refractivity contribution in [2.24, 2.45) is 5.73 Å². The van der Waals surface area contributed by atoms with E-state index in [1.54, 1.807) is 14.0 Å². The molecule has 2 atom stereocenters. The third-order valence-corrected chi connectivity index (χ3v) is 3.30. The minimum atomic E-state index is -1.05. The Bertz CT molecular complexity index is 250. The van der Waals surface area contributed by atoms with Crippen molar-refractivity contribution in [3.63, 3.8) is 0 Å².